The van der Waals surface area contributed by atoms with Crippen LogP contribution in [0.4, 0.5) is 4.39 Å². The van der Waals surface area contributed by atoms with Gasteiger partial charge in [0.1, 0.15) is 5.82 Å². The van der Waals surface area contributed by atoms with Crippen LogP contribution in [0.1, 0.15) is 11.1 Å². The summed E-state index contributed by atoms with van der Waals surface area (Å²) >= 11 is 0. The summed E-state index contributed by atoms with van der Waals surface area (Å²) in [6.07, 6.45) is 0. The Hall–Kier alpha value is -0.640. The number of rotatable bonds is 3. The molecule has 0 aliphatic heterocycles. The molecule has 1 aromatic carbocycles. The van der Waals surface area contributed by atoms with Crippen molar-refractivity contribution in [3.63, 3.8) is 0 Å². The predicted molar refractivity (Wildman–Crippen MR) is 52.3 cm³/mol. The molecule has 0 unspecified atom stereocenters. The Morgan fingerprint density at radius 2 is 2.15 bits per heavy atom. The maximum Gasteiger partial charge on any atom is 0.129 e. The third-order valence-corrected chi connectivity index (χ3v) is 1.65. The Morgan fingerprint density at radius 1 is 1.46 bits per heavy atom. The molecule has 0 aliphatic rings. The molecule has 0 saturated carbocycles. The molecule has 0 bridgehead atoms. The lowest BCUT2D eigenvalue weighted by atomic mass is 10.1. The van der Waals surface area contributed by atoms with Gasteiger partial charge in [0.05, 0.1) is 6.61 Å². The molecule has 4 heteroatoms. The first kappa shape index (κ1) is 12.4. The van der Waals surface area contributed by atoms with E-state index in [1.165, 1.54) is 13.2 Å². The van der Waals surface area contributed by atoms with Gasteiger partial charge < -0.3 is 10.5 Å². The minimum Gasteiger partial charge on any atom is -0.380 e. The molecule has 13 heavy (non-hydrogen) atoms. The Morgan fingerprint density at radius 3 is 2.62 bits per heavy atom. The van der Waals surface area contributed by atoms with Gasteiger partial charge in [0.15, 0.2) is 0 Å². The average Bonchev–Trinajstić information content (AvgIpc) is 2.09. The quantitative estimate of drug-likeness (QED) is 0.818. The van der Waals surface area contributed by atoms with Crippen molar-refractivity contribution in [3.05, 3.63) is 35.1 Å². The van der Waals surface area contributed by atoms with Crippen molar-refractivity contribution in [1.82, 2.24) is 0 Å². The van der Waals surface area contributed by atoms with Crippen molar-refractivity contribution in [1.29, 1.82) is 0 Å². The molecular formula is C9H13ClFNO. The minimum atomic E-state index is -0.250. The van der Waals surface area contributed by atoms with Gasteiger partial charge in [-0.25, -0.2) is 4.39 Å². The summed E-state index contributed by atoms with van der Waals surface area (Å²) in [5.41, 5.74) is 6.71. The highest BCUT2D eigenvalue weighted by Crippen LogP contribution is 2.10. The highest BCUT2D eigenvalue weighted by Gasteiger charge is 2.01. The van der Waals surface area contributed by atoms with E-state index in [0.29, 0.717) is 18.7 Å². The predicted octanol–water partition coefficient (Wildman–Crippen LogP) is 1.85. The molecule has 0 saturated heterocycles. The molecule has 2 N–H and O–H groups in total. The van der Waals surface area contributed by atoms with Crippen LogP contribution in [0.25, 0.3) is 0 Å². The van der Waals surface area contributed by atoms with Crippen LogP contribution < -0.4 is 5.73 Å². The second-order valence-corrected chi connectivity index (χ2v) is 2.56. The summed E-state index contributed by atoms with van der Waals surface area (Å²) < 4.78 is 17.9. The Bertz CT molecular complexity index is 268. The smallest absolute Gasteiger partial charge is 0.129 e. The average molecular weight is 206 g/mol. The van der Waals surface area contributed by atoms with E-state index in [0.717, 1.165) is 5.56 Å². The number of benzene rings is 1. The standard InChI is InChI=1S/C9H12FNO.ClH/c1-12-6-8-3-2-7(5-11)4-9(8)10;/h2-4H,5-6,11H2,1H3;1H. The van der Waals surface area contributed by atoms with Crippen LogP contribution >= 0.6 is 12.4 Å². The minimum absolute atomic E-state index is 0. The van der Waals surface area contributed by atoms with Crippen molar-refractivity contribution in [2.45, 2.75) is 13.2 Å². The van der Waals surface area contributed by atoms with E-state index in [1.807, 2.05) is 0 Å². The monoisotopic (exact) mass is 205 g/mol. The van der Waals surface area contributed by atoms with Crippen LogP contribution in [0.3, 0.4) is 0 Å². The van der Waals surface area contributed by atoms with E-state index < -0.39 is 0 Å². The molecule has 2 nitrogen and oxygen atoms in total. The molecule has 74 valence electrons. The zero-order valence-electron chi connectivity index (χ0n) is 7.42. The van der Waals surface area contributed by atoms with Gasteiger partial charge in [-0.05, 0) is 11.6 Å². The normalized spacial score (nSPS) is 9.46. The van der Waals surface area contributed by atoms with Crippen LogP contribution in [0.2, 0.25) is 0 Å². The van der Waals surface area contributed by atoms with E-state index >= 15 is 0 Å². The molecular weight excluding hydrogens is 193 g/mol. The van der Waals surface area contributed by atoms with Gasteiger partial charge in [-0.15, -0.1) is 12.4 Å². The topological polar surface area (TPSA) is 35.2 Å². The van der Waals surface area contributed by atoms with Gasteiger partial charge in [-0.2, -0.15) is 0 Å². The first-order valence-corrected chi connectivity index (χ1v) is 3.74. The van der Waals surface area contributed by atoms with E-state index in [1.54, 1.807) is 12.1 Å². The molecule has 0 spiro atoms. The van der Waals surface area contributed by atoms with E-state index in [4.69, 9.17) is 10.5 Å². The van der Waals surface area contributed by atoms with Crippen LogP contribution in [0, 0.1) is 5.82 Å². The third-order valence-electron chi connectivity index (χ3n) is 1.65. The zero-order valence-corrected chi connectivity index (χ0v) is 8.23. The highest BCUT2D eigenvalue weighted by atomic mass is 35.5. The number of halogens is 2. The van der Waals surface area contributed by atoms with Gasteiger partial charge in [0.25, 0.3) is 0 Å². The molecule has 0 heterocycles. The molecule has 0 amide bonds. The summed E-state index contributed by atoms with van der Waals surface area (Å²) in [5.74, 6) is -0.250. The van der Waals surface area contributed by atoms with Gasteiger partial charge in [0.2, 0.25) is 0 Å². The number of hydrogen-bond donors (Lipinski definition) is 1. The fourth-order valence-electron chi connectivity index (χ4n) is 0.990. The van der Waals surface area contributed by atoms with Crippen molar-refractivity contribution in [2.24, 2.45) is 5.73 Å². The summed E-state index contributed by atoms with van der Waals surface area (Å²) in [6.45, 7) is 0.668. The molecule has 0 atom stereocenters. The summed E-state index contributed by atoms with van der Waals surface area (Å²) in [6, 6.07) is 4.94. The van der Waals surface area contributed by atoms with Gasteiger partial charge >= 0.3 is 0 Å². The van der Waals surface area contributed by atoms with Crippen molar-refractivity contribution < 1.29 is 9.13 Å². The summed E-state index contributed by atoms with van der Waals surface area (Å²) in [7, 11) is 1.54. The molecule has 0 aromatic heterocycles. The number of ether oxygens (including phenoxy) is 1. The Kier molecular flexibility index (Phi) is 5.62. The summed E-state index contributed by atoms with van der Waals surface area (Å²) in [5, 5.41) is 0. The molecule has 1 rings (SSSR count). The largest absolute Gasteiger partial charge is 0.380 e. The number of methoxy groups -OCH3 is 1. The zero-order chi connectivity index (χ0) is 8.97. The number of hydrogen-bond acceptors (Lipinski definition) is 2. The van der Waals surface area contributed by atoms with Crippen LogP contribution in [0.15, 0.2) is 18.2 Å². The lowest BCUT2D eigenvalue weighted by Crippen LogP contribution is -1.99. The molecule has 0 radical (unpaired) electrons. The SMILES string of the molecule is COCc1ccc(CN)cc1F.Cl. The number of nitrogens with two attached hydrogens (primary N) is 1. The Balaban J connectivity index is 0.00000144. The van der Waals surface area contributed by atoms with Crippen molar-refractivity contribution in [2.75, 3.05) is 7.11 Å². The molecule has 0 aliphatic carbocycles. The van der Waals surface area contributed by atoms with Crippen LogP contribution in [-0.2, 0) is 17.9 Å². The maximum atomic E-state index is 13.1. The molecule has 1 aromatic rings. The van der Waals surface area contributed by atoms with Crippen molar-refractivity contribution >= 4 is 12.4 Å². The van der Waals surface area contributed by atoms with E-state index in [-0.39, 0.29) is 18.2 Å². The van der Waals surface area contributed by atoms with Crippen LogP contribution in [0.5, 0.6) is 0 Å². The first-order chi connectivity index (χ1) is 5.77. The first-order valence-electron chi connectivity index (χ1n) is 3.74. The summed E-state index contributed by atoms with van der Waals surface area (Å²) in [4.78, 5) is 0. The Labute approximate surface area is 83.3 Å². The highest BCUT2D eigenvalue weighted by molar-refractivity contribution is 5.85. The molecule has 0 fully saturated rings. The lowest BCUT2D eigenvalue weighted by molar-refractivity contribution is 0.181. The second kappa shape index (κ2) is 5.91. The third kappa shape index (κ3) is 3.30. The van der Waals surface area contributed by atoms with Gasteiger partial charge in [-0.3, -0.25) is 0 Å². The lowest BCUT2D eigenvalue weighted by Gasteiger charge is -2.03. The maximum absolute atomic E-state index is 13.1. The fourth-order valence-corrected chi connectivity index (χ4v) is 0.990. The van der Waals surface area contributed by atoms with E-state index in [2.05, 4.69) is 0 Å². The second-order valence-electron chi connectivity index (χ2n) is 2.56. The fraction of sp³-hybridized carbons (Fsp3) is 0.333. The van der Waals surface area contributed by atoms with Gasteiger partial charge in [-0.1, -0.05) is 12.1 Å². The van der Waals surface area contributed by atoms with Gasteiger partial charge in [0, 0.05) is 19.2 Å². The van der Waals surface area contributed by atoms with Crippen LogP contribution in [-0.4, -0.2) is 7.11 Å². The van der Waals surface area contributed by atoms with Crippen molar-refractivity contribution in [3.8, 4) is 0 Å². The van der Waals surface area contributed by atoms with E-state index in [9.17, 15) is 4.39 Å².